The molecule has 2 aromatic rings. The van der Waals surface area contributed by atoms with Crippen molar-refractivity contribution in [3.05, 3.63) is 54.1 Å². The molecule has 4 rings (SSSR count). The Hall–Kier alpha value is -2.47. The largest absolute Gasteiger partial charge is 0.489 e. The Kier molecular flexibility index (Phi) is 4.13. The van der Waals surface area contributed by atoms with Crippen LogP contribution in [0.4, 0.5) is 0 Å². The number of ether oxygens (including phenoxy) is 2. The van der Waals surface area contributed by atoms with Gasteiger partial charge in [0.25, 0.3) is 5.91 Å². The van der Waals surface area contributed by atoms with Gasteiger partial charge in [0.15, 0.2) is 0 Å². The molecule has 0 radical (unpaired) electrons. The molecule has 2 fully saturated rings. The zero-order valence-corrected chi connectivity index (χ0v) is 14.2. The number of nitrogens with zero attached hydrogens (tertiary/aromatic N) is 3. The maximum Gasteiger partial charge on any atom is 0.255 e. The van der Waals surface area contributed by atoms with Crippen molar-refractivity contribution < 1.29 is 14.3 Å². The van der Waals surface area contributed by atoms with Gasteiger partial charge in [-0.1, -0.05) is 0 Å². The molecule has 0 saturated carbocycles. The predicted octanol–water partition coefficient (Wildman–Crippen LogP) is 2.24. The Morgan fingerprint density at radius 1 is 1.32 bits per heavy atom. The number of carbonyl (C=O) groups is 1. The minimum Gasteiger partial charge on any atom is -0.489 e. The summed E-state index contributed by atoms with van der Waals surface area (Å²) in [6.45, 7) is 3.80. The Morgan fingerprint density at radius 3 is 2.96 bits per heavy atom. The van der Waals surface area contributed by atoms with Gasteiger partial charge in [0.1, 0.15) is 17.5 Å². The number of hydrogen-bond acceptors (Lipinski definition) is 5. The quantitative estimate of drug-likeness (QED) is 0.858. The summed E-state index contributed by atoms with van der Waals surface area (Å²) >= 11 is 0. The highest BCUT2D eigenvalue weighted by Crippen LogP contribution is 2.36. The highest BCUT2D eigenvalue weighted by Gasteiger charge is 2.50. The molecule has 6 nitrogen and oxygen atoms in total. The van der Waals surface area contributed by atoms with Crippen LogP contribution in [0, 0.1) is 6.92 Å². The molecule has 2 aliphatic rings. The standard InChI is InChI=1S/C19H21N3O3/c1-14-7-15(10-21-9-14)18(23)22-12-19(13-22)8-16(4-6-24-19)25-17-3-2-5-20-11-17/h2-3,5,7,9-11,16H,4,6,8,12-13H2,1H3/t16-/m1/s1. The van der Waals surface area contributed by atoms with Crippen LogP contribution in [0.2, 0.25) is 0 Å². The number of carbonyl (C=O) groups excluding carboxylic acids is 1. The fourth-order valence-electron chi connectivity index (χ4n) is 3.56. The van der Waals surface area contributed by atoms with E-state index in [1.807, 2.05) is 30.0 Å². The van der Waals surface area contributed by atoms with E-state index in [2.05, 4.69) is 9.97 Å². The van der Waals surface area contributed by atoms with Crippen LogP contribution in [0.5, 0.6) is 5.75 Å². The molecule has 2 aromatic heterocycles. The highest BCUT2D eigenvalue weighted by molar-refractivity contribution is 5.94. The molecular formula is C19H21N3O3. The van der Waals surface area contributed by atoms with E-state index in [1.165, 1.54) is 0 Å². The summed E-state index contributed by atoms with van der Waals surface area (Å²) in [6, 6.07) is 5.65. The lowest BCUT2D eigenvalue weighted by Crippen LogP contribution is -2.67. The first kappa shape index (κ1) is 16.0. The van der Waals surface area contributed by atoms with Gasteiger partial charge in [-0.3, -0.25) is 14.8 Å². The molecule has 0 N–H and O–H groups in total. The molecule has 25 heavy (non-hydrogen) atoms. The Morgan fingerprint density at radius 2 is 2.20 bits per heavy atom. The molecule has 1 amide bonds. The zero-order chi connectivity index (χ0) is 17.3. The molecule has 2 aliphatic heterocycles. The van der Waals surface area contributed by atoms with Gasteiger partial charge < -0.3 is 14.4 Å². The van der Waals surface area contributed by atoms with Gasteiger partial charge in [0.2, 0.25) is 0 Å². The van der Waals surface area contributed by atoms with Crippen molar-refractivity contribution in [3.63, 3.8) is 0 Å². The van der Waals surface area contributed by atoms with Gasteiger partial charge in [0.05, 0.1) is 31.5 Å². The van der Waals surface area contributed by atoms with Gasteiger partial charge in [0, 0.05) is 31.4 Å². The molecule has 1 atom stereocenters. The molecule has 6 heteroatoms. The third-order valence-electron chi connectivity index (χ3n) is 4.75. The average Bonchev–Trinajstić information content (AvgIpc) is 2.60. The van der Waals surface area contributed by atoms with Gasteiger partial charge in [-0.2, -0.15) is 0 Å². The predicted molar refractivity (Wildman–Crippen MR) is 91.4 cm³/mol. The van der Waals surface area contributed by atoms with Gasteiger partial charge in [-0.15, -0.1) is 0 Å². The monoisotopic (exact) mass is 339 g/mol. The first-order valence-electron chi connectivity index (χ1n) is 8.55. The SMILES string of the molecule is Cc1cncc(C(=O)N2CC3(C[C@H](Oc4cccnc4)CCO3)C2)c1. The minimum absolute atomic E-state index is 0.0146. The normalized spacial score (nSPS) is 21.6. The molecule has 4 heterocycles. The second-order valence-electron chi connectivity index (χ2n) is 6.87. The second kappa shape index (κ2) is 6.44. The average molecular weight is 339 g/mol. The van der Waals surface area contributed by atoms with E-state index >= 15 is 0 Å². The van der Waals surface area contributed by atoms with E-state index in [1.54, 1.807) is 24.8 Å². The minimum atomic E-state index is -0.280. The molecule has 0 aromatic carbocycles. The number of hydrogen-bond donors (Lipinski definition) is 0. The number of aromatic nitrogens is 2. The van der Waals surface area contributed by atoms with E-state index in [-0.39, 0.29) is 17.6 Å². The third-order valence-corrected chi connectivity index (χ3v) is 4.75. The van der Waals surface area contributed by atoms with Crippen molar-refractivity contribution in [2.45, 2.75) is 31.5 Å². The van der Waals surface area contributed by atoms with E-state index in [0.717, 1.165) is 24.2 Å². The fourth-order valence-corrected chi connectivity index (χ4v) is 3.56. The van der Waals surface area contributed by atoms with Crippen molar-refractivity contribution in [1.29, 1.82) is 0 Å². The molecule has 2 saturated heterocycles. The van der Waals surface area contributed by atoms with Crippen LogP contribution in [0.15, 0.2) is 43.0 Å². The van der Waals surface area contributed by atoms with Crippen LogP contribution in [0.1, 0.15) is 28.8 Å². The molecule has 130 valence electrons. The topological polar surface area (TPSA) is 64.6 Å². The van der Waals surface area contributed by atoms with Crippen molar-refractivity contribution in [2.24, 2.45) is 0 Å². The van der Waals surface area contributed by atoms with Crippen LogP contribution in [0.3, 0.4) is 0 Å². The number of pyridine rings is 2. The summed E-state index contributed by atoms with van der Waals surface area (Å²) in [5.74, 6) is 0.795. The van der Waals surface area contributed by atoms with Crippen LogP contribution in [0.25, 0.3) is 0 Å². The van der Waals surface area contributed by atoms with Crippen molar-refractivity contribution in [3.8, 4) is 5.75 Å². The molecule has 0 aliphatic carbocycles. The summed E-state index contributed by atoms with van der Waals surface area (Å²) in [5.41, 5.74) is 1.34. The Bertz CT molecular complexity index is 760. The Labute approximate surface area is 146 Å². The molecule has 0 bridgehead atoms. The van der Waals surface area contributed by atoms with Gasteiger partial charge in [-0.05, 0) is 30.7 Å². The van der Waals surface area contributed by atoms with Gasteiger partial charge in [-0.25, -0.2) is 0 Å². The van der Waals surface area contributed by atoms with Crippen LogP contribution in [-0.4, -0.2) is 52.2 Å². The van der Waals surface area contributed by atoms with Crippen molar-refractivity contribution >= 4 is 5.91 Å². The maximum atomic E-state index is 12.6. The van der Waals surface area contributed by atoms with Crippen LogP contribution < -0.4 is 4.74 Å². The first-order chi connectivity index (χ1) is 12.1. The molecule has 0 unspecified atom stereocenters. The molecule has 1 spiro atoms. The van der Waals surface area contributed by atoms with Gasteiger partial charge >= 0.3 is 0 Å². The van der Waals surface area contributed by atoms with Crippen LogP contribution in [-0.2, 0) is 4.74 Å². The summed E-state index contributed by atoms with van der Waals surface area (Å²) in [5, 5.41) is 0. The maximum absolute atomic E-state index is 12.6. The summed E-state index contributed by atoms with van der Waals surface area (Å²) in [6.07, 6.45) is 8.56. The summed E-state index contributed by atoms with van der Waals surface area (Å²) < 4.78 is 12.0. The number of rotatable bonds is 3. The number of likely N-dealkylation sites (tertiary alicyclic amines) is 1. The zero-order valence-electron chi connectivity index (χ0n) is 14.2. The molecular weight excluding hydrogens is 318 g/mol. The van der Waals surface area contributed by atoms with Crippen molar-refractivity contribution in [2.75, 3.05) is 19.7 Å². The lowest BCUT2D eigenvalue weighted by molar-refractivity contribution is -0.173. The van der Waals surface area contributed by atoms with E-state index in [4.69, 9.17) is 9.47 Å². The summed E-state index contributed by atoms with van der Waals surface area (Å²) in [7, 11) is 0. The highest BCUT2D eigenvalue weighted by atomic mass is 16.5. The third kappa shape index (κ3) is 3.35. The Balaban J connectivity index is 1.37. The lowest BCUT2D eigenvalue weighted by Gasteiger charge is -2.52. The van der Waals surface area contributed by atoms with Crippen molar-refractivity contribution in [1.82, 2.24) is 14.9 Å². The lowest BCUT2D eigenvalue weighted by atomic mass is 9.84. The van der Waals surface area contributed by atoms with E-state index < -0.39 is 0 Å². The number of amides is 1. The smallest absolute Gasteiger partial charge is 0.255 e. The second-order valence-corrected chi connectivity index (χ2v) is 6.87. The number of aryl methyl sites for hydroxylation is 1. The van der Waals surface area contributed by atoms with E-state index in [9.17, 15) is 4.79 Å². The van der Waals surface area contributed by atoms with E-state index in [0.29, 0.717) is 25.3 Å². The fraction of sp³-hybridized carbons (Fsp3) is 0.421. The summed E-state index contributed by atoms with van der Waals surface area (Å²) in [4.78, 5) is 22.6. The first-order valence-corrected chi connectivity index (χ1v) is 8.55. The van der Waals surface area contributed by atoms with Crippen LogP contribution >= 0.6 is 0 Å².